The van der Waals surface area contributed by atoms with Crippen LogP contribution in [0.3, 0.4) is 0 Å². The zero-order valence-corrected chi connectivity index (χ0v) is 30.3. The molecule has 8 nitrogen and oxygen atoms in total. The summed E-state index contributed by atoms with van der Waals surface area (Å²) in [6.07, 6.45) is -8.78. The molecule has 0 aliphatic carbocycles. The van der Waals surface area contributed by atoms with Crippen LogP contribution in [0.4, 0.5) is 30.7 Å². The lowest BCUT2D eigenvalue weighted by Crippen LogP contribution is -2.17. The van der Waals surface area contributed by atoms with Gasteiger partial charge in [-0.1, -0.05) is 63.6 Å². The second kappa shape index (κ2) is 19.6. The molecule has 0 aliphatic heterocycles. The Balaban J connectivity index is 0.000000238. The molecule has 3 N–H and O–H groups in total. The molecule has 0 atom stereocenters. The van der Waals surface area contributed by atoms with Crippen LogP contribution < -0.4 is 10.3 Å². The molecule has 54 heavy (non-hydrogen) atoms. The fraction of sp³-hybridized carbons (Fsp3) is 0.189. The first kappa shape index (κ1) is 43.7. The van der Waals surface area contributed by atoms with Crippen molar-refractivity contribution in [1.29, 1.82) is 0 Å². The number of nitrogens with zero attached hydrogens (tertiary/aromatic N) is 3. The molecule has 0 bridgehead atoms. The van der Waals surface area contributed by atoms with Crippen LogP contribution in [0.1, 0.15) is 18.6 Å². The van der Waals surface area contributed by atoms with E-state index in [4.69, 9.17) is 9.84 Å². The third kappa shape index (κ3) is 12.7. The molecule has 6 aromatic rings. The predicted molar refractivity (Wildman–Crippen MR) is 197 cm³/mol. The number of alkyl halides is 6. The van der Waals surface area contributed by atoms with Gasteiger partial charge >= 0.3 is 12.4 Å². The first-order valence-corrected chi connectivity index (χ1v) is 16.9. The van der Waals surface area contributed by atoms with E-state index in [-0.39, 0.29) is 45.0 Å². The molecule has 4 aromatic carbocycles. The van der Waals surface area contributed by atoms with Crippen LogP contribution in [0.25, 0.3) is 22.5 Å². The molecule has 0 saturated carbocycles. The molecule has 6 rings (SSSR count). The maximum atomic E-state index is 12.6. The van der Waals surface area contributed by atoms with E-state index in [1.165, 1.54) is 27.6 Å². The lowest BCUT2D eigenvalue weighted by Gasteiger charge is -2.09. The van der Waals surface area contributed by atoms with Gasteiger partial charge in [-0.05, 0) is 72.8 Å². The van der Waals surface area contributed by atoms with Gasteiger partial charge in [-0.3, -0.25) is 14.6 Å². The fourth-order valence-electron chi connectivity index (χ4n) is 4.50. The molecule has 0 fully saturated rings. The Kier molecular flexibility index (Phi) is 15.8. The van der Waals surface area contributed by atoms with Gasteiger partial charge < -0.3 is 14.9 Å². The SMILES string of the molecule is C.Fc1ccc(C(F)(F)F)cc1.O=c1cc(-c2cccc(Br)c2)[nH]n1CCO.OCCn1nc(-c2cccc(Br)c2)cc1Oc1ccc(C(F)(F)F)cc1. The van der Waals surface area contributed by atoms with E-state index >= 15 is 0 Å². The van der Waals surface area contributed by atoms with Crippen molar-refractivity contribution in [3.05, 3.63) is 145 Å². The molecular formula is C37H33Br2F7N4O4. The Morgan fingerprint density at radius 1 is 0.704 bits per heavy atom. The van der Waals surface area contributed by atoms with E-state index in [0.29, 0.717) is 23.7 Å². The van der Waals surface area contributed by atoms with Crippen LogP contribution in [0.2, 0.25) is 0 Å². The summed E-state index contributed by atoms with van der Waals surface area (Å²) in [6, 6.07) is 25.7. The standard InChI is InChI=1S/C18H14BrF3N2O2.C11H11BrN2O2.C7H4F4.CH4/c19-14-3-1-2-12(10-14)16-11-17(24(23-16)8-9-25)26-15-6-4-13(5-7-15)18(20,21)22;12-9-3-1-2-8(6-9)10-7-11(16)14(13-10)4-5-15;8-6-3-1-5(2-4-6)7(9,10)11;/h1-7,10-11,25H,8-9H2;1-3,6-7,13,15H,4-5H2;1-4H;1H4. The predicted octanol–water partition coefficient (Wildman–Crippen LogP) is 10.2. The fourth-order valence-corrected chi connectivity index (χ4v) is 5.30. The number of aliphatic hydroxyl groups excluding tert-OH is 2. The molecule has 0 spiro atoms. The van der Waals surface area contributed by atoms with Gasteiger partial charge in [0.2, 0.25) is 5.88 Å². The summed E-state index contributed by atoms with van der Waals surface area (Å²) in [5, 5.41) is 25.3. The highest BCUT2D eigenvalue weighted by Gasteiger charge is 2.30. The highest BCUT2D eigenvalue weighted by molar-refractivity contribution is 9.10. The molecular weight excluding hydrogens is 857 g/mol. The topological polar surface area (TPSA) is 105 Å². The van der Waals surface area contributed by atoms with Gasteiger partial charge in [-0.2, -0.15) is 31.4 Å². The monoisotopic (exact) mass is 888 g/mol. The molecule has 0 saturated heterocycles. The maximum absolute atomic E-state index is 12.6. The van der Waals surface area contributed by atoms with E-state index < -0.39 is 29.3 Å². The zero-order valence-electron chi connectivity index (χ0n) is 27.2. The van der Waals surface area contributed by atoms with Gasteiger partial charge in [-0.25, -0.2) is 9.07 Å². The van der Waals surface area contributed by atoms with Gasteiger partial charge in [0.25, 0.3) is 5.56 Å². The van der Waals surface area contributed by atoms with Crippen molar-refractivity contribution in [3.63, 3.8) is 0 Å². The molecule has 0 aliphatic rings. The van der Waals surface area contributed by atoms with Crippen molar-refractivity contribution in [2.45, 2.75) is 32.9 Å². The number of aliphatic hydroxyl groups is 2. The first-order chi connectivity index (χ1) is 25.1. The molecule has 2 heterocycles. The molecule has 0 radical (unpaired) electrons. The third-order valence-electron chi connectivity index (χ3n) is 7.00. The Labute approximate surface area is 321 Å². The number of aromatic nitrogens is 4. The summed E-state index contributed by atoms with van der Waals surface area (Å²) in [5.41, 5.74) is 1.43. The average Bonchev–Trinajstić information content (AvgIpc) is 3.68. The van der Waals surface area contributed by atoms with Crippen molar-refractivity contribution in [3.8, 4) is 34.1 Å². The third-order valence-corrected chi connectivity index (χ3v) is 7.99. The van der Waals surface area contributed by atoms with Crippen LogP contribution in [0.15, 0.2) is 123 Å². The zero-order chi connectivity index (χ0) is 38.8. The minimum absolute atomic E-state index is 0. The van der Waals surface area contributed by atoms with Gasteiger partial charge in [0.1, 0.15) is 11.6 Å². The summed E-state index contributed by atoms with van der Waals surface area (Å²) in [7, 11) is 0. The van der Waals surface area contributed by atoms with E-state index in [1.54, 1.807) is 6.07 Å². The number of benzene rings is 4. The number of ether oxygens (including phenoxy) is 1. The van der Waals surface area contributed by atoms with Crippen LogP contribution in [0, 0.1) is 5.82 Å². The molecule has 17 heteroatoms. The number of H-pyrrole nitrogens is 1. The van der Waals surface area contributed by atoms with E-state index in [0.717, 1.165) is 50.0 Å². The Bertz CT molecular complexity index is 2130. The quantitative estimate of drug-likeness (QED) is 0.132. The van der Waals surface area contributed by atoms with Crippen molar-refractivity contribution in [1.82, 2.24) is 19.6 Å². The lowest BCUT2D eigenvalue weighted by atomic mass is 10.2. The number of hydrogen-bond donors (Lipinski definition) is 3. The summed E-state index contributed by atoms with van der Waals surface area (Å²) < 4.78 is 95.8. The van der Waals surface area contributed by atoms with Crippen molar-refractivity contribution in [2.75, 3.05) is 13.2 Å². The minimum atomic E-state index is -4.40. The largest absolute Gasteiger partial charge is 0.439 e. The number of halogens is 9. The normalized spacial score (nSPS) is 11.1. The summed E-state index contributed by atoms with van der Waals surface area (Å²) in [4.78, 5) is 11.5. The van der Waals surface area contributed by atoms with E-state index in [1.807, 2.05) is 48.5 Å². The second-order valence-electron chi connectivity index (χ2n) is 10.8. The molecule has 288 valence electrons. The van der Waals surface area contributed by atoms with Gasteiger partial charge in [0.15, 0.2) is 0 Å². The Morgan fingerprint density at radius 3 is 1.74 bits per heavy atom. The number of hydrogen-bond acceptors (Lipinski definition) is 5. The second-order valence-corrected chi connectivity index (χ2v) is 12.7. The Morgan fingerprint density at radius 2 is 1.22 bits per heavy atom. The van der Waals surface area contributed by atoms with Crippen LogP contribution >= 0.6 is 31.9 Å². The average molecular weight is 890 g/mol. The van der Waals surface area contributed by atoms with Gasteiger partial charge in [0, 0.05) is 32.2 Å². The Hall–Kier alpha value is -4.71. The van der Waals surface area contributed by atoms with E-state index in [9.17, 15) is 40.6 Å². The summed E-state index contributed by atoms with van der Waals surface area (Å²) >= 11 is 6.77. The van der Waals surface area contributed by atoms with Crippen LogP contribution in [0.5, 0.6) is 11.6 Å². The number of aromatic amines is 1. The maximum Gasteiger partial charge on any atom is 0.416 e. The molecule has 2 aromatic heterocycles. The summed E-state index contributed by atoms with van der Waals surface area (Å²) in [5.74, 6) is -0.0929. The van der Waals surface area contributed by atoms with Crippen LogP contribution in [-0.4, -0.2) is 43.0 Å². The highest BCUT2D eigenvalue weighted by atomic mass is 79.9. The summed E-state index contributed by atoms with van der Waals surface area (Å²) in [6.45, 7) is 0.276. The number of rotatable bonds is 8. The minimum Gasteiger partial charge on any atom is -0.439 e. The molecule has 0 amide bonds. The van der Waals surface area contributed by atoms with Gasteiger partial charge in [-0.15, -0.1) is 0 Å². The van der Waals surface area contributed by atoms with Crippen molar-refractivity contribution >= 4 is 31.9 Å². The van der Waals surface area contributed by atoms with E-state index in [2.05, 4.69) is 42.1 Å². The smallest absolute Gasteiger partial charge is 0.416 e. The van der Waals surface area contributed by atoms with Crippen molar-refractivity contribution in [2.24, 2.45) is 0 Å². The first-order valence-electron chi connectivity index (χ1n) is 15.4. The van der Waals surface area contributed by atoms with Gasteiger partial charge in [0.05, 0.1) is 48.8 Å². The van der Waals surface area contributed by atoms with Crippen LogP contribution in [-0.2, 0) is 25.4 Å². The lowest BCUT2D eigenvalue weighted by molar-refractivity contribution is -0.138. The highest BCUT2D eigenvalue weighted by Crippen LogP contribution is 2.33. The number of nitrogens with one attached hydrogen (secondary N) is 1. The molecule has 0 unspecified atom stereocenters. The van der Waals surface area contributed by atoms with Crippen molar-refractivity contribution < 1.29 is 45.7 Å².